The molecule has 0 unspecified atom stereocenters. The minimum atomic E-state index is -0.190. The Hall–Kier alpha value is -9.36. The van der Waals surface area contributed by atoms with Crippen LogP contribution in [0.25, 0.3) is 66.8 Å². The van der Waals surface area contributed by atoms with E-state index < -0.39 is 0 Å². The summed E-state index contributed by atoms with van der Waals surface area (Å²) >= 11 is 0. The second kappa shape index (κ2) is 16.6. The molecule has 0 amide bonds. The highest BCUT2D eigenvalue weighted by Gasteiger charge is 2.54. The van der Waals surface area contributed by atoms with Crippen molar-refractivity contribution in [1.82, 2.24) is 0 Å². The molecule has 0 saturated carbocycles. The summed E-state index contributed by atoms with van der Waals surface area (Å²) in [6, 6.07) is 101. The summed E-state index contributed by atoms with van der Waals surface area (Å²) in [5, 5.41) is 0. The second-order valence-corrected chi connectivity index (χ2v) is 22.2. The van der Waals surface area contributed by atoms with Crippen LogP contribution in [0.1, 0.15) is 83.5 Å². The Morgan fingerprint density at radius 1 is 0.192 bits per heavy atom. The number of hydrogen-bond acceptors (Lipinski definition) is 0. The van der Waals surface area contributed by atoms with Crippen molar-refractivity contribution in [2.75, 3.05) is 0 Å². The first-order valence-electron chi connectivity index (χ1n) is 27.7. The smallest absolute Gasteiger partial charge is 0.0619 e. The van der Waals surface area contributed by atoms with Gasteiger partial charge in [-0.1, -0.05) is 279 Å². The third kappa shape index (κ3) is 5.59. The van der Waals surface area contributed by atoms with Crippen LogP contribution in [0, 0.1) is 20.8 Å². The molecule has 0 heteroatoms. The van der Waals surface area contributed by atoms with Gasteiger partial charge in [0.2, 0.25) is 0 Å². The minimum absolute atomic E-state index is 0.188. The third-order valence-corrected chi connectivity index (χ3v) is 18.6. The van der Waals surface area contributed by atoms with E-state index in [1.807, 2.05) is 0 Å². The molecule has 0 bridgehead atoms. The maximum atomic E-state index is 2.35. The van der Waals surface area contributed by atoms with Crippen molar-refractivity contribution >= 4 is 0 Å². The minimum Gasteiger partial charge on any atom is -0.0619 e. The molecule has 0 atom stereocenters. The van der Waals surface area contributed by atoms with Crippen molar-refractivity contribution in [1.29, 1.82) is 0 Å². The van der Waals surface area contributed by atoms with Crippen LogP contribution < -0.4 is 0 Å². The quantitative estimate of drug-likeness (QED) is 0.142. The molecule has 78 heavy (non-hydrogen) atoms. The van der Waals surface area contributed by atoms with Gasteiger partial charge in [-0.2, -0.15) is 0 Å². The first-order chi connectivity index (χ1) is 38.5. The van der Waals surface area contributed by atoms with Crippen molar-refractivity contribution in [3.63, 3.8) is 0 Å². The Kier molecular flexibility index (Phi) is 9.54. The zero-order chi connectivity index (χ0) is 51.9. The average Bonchev–Trinajstić information content (AvgIpc) is 4.07. The molecule has 0 radical (unpaired) electrons. The predicted molar refractivity (Wildman–Crippen MR) is 322 cm³/mol. The van der Waals surface area contributed by atoms with Crippen LogP contribution in [0.5, 0.6) is 0 Å². The molecule has 0 aliphatic heterocycles. The fourth-order valence-corrected chi connectivity index (χ4v) is 15.9. The monoisotopic (exact) mass is 990 g/mol. The molecule has 0 heterocycles. The van der Waals surface area contributed by atoms with Gasteiger partial charge >= 0.3 is 0 Å². The van der Waals surface area contributed by atoms with Crippen molar-refractivity contribution in [3.05, 3.63) is 356 Å². The van der Waals surface area contributed by atoms with Crippen LogP contribution in [-0.4, -0.2) is 0 Å². The van der Waals surface area contributed by atoms with Gasteiger partial charge in [-0.3, -0.25) is 0 Å². The van der Waals surface area contributed by atoms with E-state index in [1.165, 1.54) is 150 Å². The van der Waals surface area contributed by atoms with Crippen LogP contribution >= 0.6 is 0 Å². The number of hydrogen-bond donors (Lipinski definition) is 0. The molecule has 12 aromatic rings. The first-order valence-corrected chi connectivity index (χ1v) is 27.7. The molecule has 0 N–H and O–H groups in total. The Balaban J connectivity index is 0.0000000978. The lowest BCUT2D eigenvalue weighted by Gasteiger charge is -2.31. The fourth-order valence-electron chi connectivity index (χ4n) is 15.9. The van der Waals surface area contributed by atoms with Crippen molar-refractivity contribution in [3.8, 4) is 66.8 Å². The van der Waals surface area contributed by atoms with Crippen LogP contribution in [-0.2, 0) is 16.2 Å². The SMILES string of the molecule is Cc1ccc2c(c1)-c1ccccc1C21c2ccccc2-c2ccccc21.Cc1cccc2c1-c1ccccc1C21c2ccccc2-c2ccccc21.Cc1cccc2c1C1(c3ccccc3-c3ccccc31)c1ccccc1-2. The summed E-state index contributed by atoms with van der Waals surface area (Å²) in [5.41, 5.74) is 37.0. The zero-order valence-corrected chi connectivity index (χ0v) is 44.0. The summed E-state index contributed by atoms with van der Waals surface area (Å²) in [7, 11) is 0. The van der Waals surface area contributed by atoms with Gasteiger partial charge in [0.15, 0.2) is 0 Å². The Morgan fingerprint density at radius 3 is 0.885 bits per heavy atom. The lowest BCUT2D eigenvalue weighted by atomic mass is 9.69. The van der Waals surface area contributed by atoms with Crippen molar-refractivity contribution in [2.24, 2.45) is 0 Å². The molecule has 18 rings (SSSR count). The zero-order valence-electron chi connectivity index (χ0n) is 44.0. The summed E-state index contributed by atoms with van der Waals surface area (Å²) in [6.45, 7) is 6.68. The molecular weight excluding hydrogens is 937 g/mol. The highest BCUT2D eigenvalue weighted by Crippen LogP contribution is 2.66. The topological polar surface area (TPSA) is 0 Å². The third-order valence-electron chi connectivity index (χ3n) is 18.6. The van der Waals surface area contributed by atoms with E-state index in [9.17, 15) is 0 Å². The largest absolute Gasteiger partial charge is 0.0728 e. The van der Waals surface area contributed by atoms with Crippen LogP contribution in [0.3, 0.4) is 0 Å². The molecule has 0 fully saturated rings. The standard InChI is InChI=1S/3C26H18/c1-17-9-8-13-21-20-12-4-7-16-24(20)26(25(17)21)22-14-5-2-10-18(22)19-11-3-6-15-23(19)26;1-17-9-8-16-24-25(17)20-12-4-7-15-23(20)26(24)21-13-5-2-10-18(21)19-11-3-6-14-22(19)26;1-17-14-15-25-21(16-17)20-10-4-7-13-24(20)26(25)22-11-5-2-8-18(22)19-9-3-6-12-23(19)26/h3*2-16H,1H3. The van der Waals surface area contributed by atoms with Gasteiger partial charge in [-0.15, -0.1) is 0 Å². The fraction of sp³-hybridized carbons (Fsp3) is 0.0769. The number of fused-ring (bicyclic) bond motifs is 30. The number of rotatable bonds is 0. The molecule has 6 aliphatic carbocycles. The molecule has 12 aromatic carbocycles. The second-order valence-electron chi connectivity index (χ2n) is 22.2. The first kappa shape index (κ1) is 44.9. The van der Waals surface area contributed by atoms with Gasteiger partial charge in [0, 0.05) is 0 Å². The number of aryl methyl sites for hydroxylation is 3. The van der Waals surface area contributed by atoms with E-state index in [2.05, 4.69) is 294 Å². The Labute approximate surface area is 457 Å². The molecular formula is C78H54. The molecule has 6 aliphatic rings. The molecule has 0 aromatic heterocycles. The molecule has 0 nitrogen and oxygen atoms in total. The van der Waals surface area contributed by atoms with Crippen molar-refractivity contribution < 1.29 is 0 Å². The Morgan fingerprint density at radius 2 is 0.462 bits per heavy atom. The van der Waals surface area contributed by atoms with Crippen LogP contribution in [0.4, 0.5) is 0 Å². The summed E-state index contributed by atoms with van der Waals surface area (Å²) in [5.74, 6) is 0. The average molecular weight is 991 g/mol. The predicted octanol–water partition coefficient (Wildman–Crippen LogP) is 19.0. The normalized spacial score (nSPS) is 14.7. The summed E-state index contributed by atoms with van der Waals surface area (Å²) in [6.07, 6.45) is 0. The highest BCUT2D eigenvalue weighted by molar-refractivity contribution is 5.98. The van der Waals surface area contributed by atoms with Gasteiger partial charge in [0.05, 0.1) is 16.2 Å². The molecule has 3 spiro atoms. The maximum Gasteiger partial charge on any atom is 0.0728 e. The van der Waals surface area contributed by atoms with Gasteiger partial charge in [0.25, 0.3) is 0 Å². The van der Waals surface area contributed by atoms with E-state index in [4.69, 9.17) is 0 Å². The van der Waals surface area contributed by atoms with Gasteiger partial charge in [-0.25, -0.2) is 0 Å². The summed E-state index contributed by atoms with van der Waals surface area (Å²) < 4.78 is 0. The van der Waals surface area contributed by atoms with Gasteiger partial charge in [-0.05, 0) is 165 Å². The van der Waals surface area contributed by atoms with Crippen LogP contribution in [0.2, 0.25) is 0 Å². The van der Waals surface area contributed by atoms with E-state index in [1.54, 1.807) is 0 Å². The van der Waals surface area contributed by atoms with Crippen molar-refractivity contribution in [2.45, 2.75) is 37.0 Å². The summed E-state index contributed by atoms with van der Waals surface area (Å²) in [4.78, 5) is 0. The van der Waals surface area contributed by atoms with Gasteiger partial charge < -0.3 is 0 Å². The Bertz CT molecular complexity index is 4340. The molecule has 366 valence electrons. The van der Waals surface area contributed by atoms with E-state index in [-0.39, 0.29) is 16.2 Å². The van der Waals surface area contributed by atoms with E-state index >= 15 is 0 Å². The lowest BCUT2D eigenvalue weighted by Crippen LogP contribution is -2.26. The number of benzene rings is 12. The van der Waals surface area contributed by atoms with E-state index in [0.717, 1.165) is 0 Å². The van der Waals surface area contributed by atoms with Crippen LogP contribution in [0.15, 0.2) is 273 Å². The van der Waals surface area contributed by atoms with E-state index in [0.29, 0.717) is 0 Å². The highest BCUT2D eigenvalue weighted by atomic mass is 14.6. The van der Waals surface area contributed by atoms with Gasteiger partial charge in [0.1, 0.15) is 0 Å². The lowest BCUT2D eigenvalue weighted by molar-refractivity contribution is 0.786. The molecule has 0 saturated heterocycles. The maximum absolute atomic E-state index is 2.35.